The third kappa shape index (κ3) is 5.79. The normalized spacial score (nSPS) is 21.6. The van der Waals surface area contributed by atoms with Crippen LogP contribution < -0.4 is 15.4 Å². The molecule has 2 aromatic rings. The van der Waals surface area contributed by atoms with Gasteiger partial charge in [0.2, 0.25) is 5.91 Å². The highest BCUT2D eigenvalue weighted by molar-refractivity contribution is 6.05. The summed E-state index contributed by atoms with van der Waals surface area (Å²) in [5.74, 6) is -0.889. The number of fused-ring (bicyclic) bond motifs is 2. The van der Waals surface area contributed by atoms with Gasteiger partial charge < -0.3 is 25.0 Å². The highest BCUT2D eigenvalue weighted by Crippen LogP contribution is 2.32. The summed E-state index contributed by atoms with van der Waals surface area (Å²) in [5, 5.41) is 5.58. The van der Waals surface area contributed by atoms with E-state index in [9.17, 15) is 18.8 Å². The first-order valence-corrected chi connectivity index (χ1v) is 11.9. The van der Waals surface area contributed by atoms with Crippen LogP contribution in [0.2, 0.25) is 0 Å². The first-order chi connectivity index (χ1) is 16.9. The van der Waals surface area contributed by atoms with E-state index in [1.54, 1.807) is 30.1 Å². The minimum atomic E-state index is -0.505. The van der Waals surface area contributed by atoms with Crippen LogP contribution in [0.1, 0.15) is 53.3 Å². The SMILES string of the molecule is CCCNC(=O)C[C@@H]1CC[C@H]2[C@@H](COc3ccc(NC(=O)c4cccc(F)c4)cc3C(=O)N2C)O1. The molecule has 0 aromatic heterocycles. The summed E-state index contributed by atoms with van der Waals surface area (Å²) in [6.07, 6.45) is 1.92. The number of carbonyl (C=O) groups is 3. The lowest BCUT2D eigenvalue weighted by Gasteiger charge is -2.42. The zero-order valence-corrected chi connectivity index (χ0v) is 19.9. The van der Waals surface area contributed by atoms with Crippen LogP contribution in [0.25, 0.3) is 0 Å². The molecule has 0 saturated carbocycles. The first-order valence-electron chi connectivity index (χ1n) is 11.9. The molecule has 0 aliphatic carbocycles. The van der Waals surface area contributed by atoms with Gasteiger partial charge in [0.05, 0.1) is 24.1 Å². The number of hydrogen-bond donors (Lipinski definition) is 2. The van der Waals surface area contributed by atoms with Crippen molar-refractivity contribution in [2.75, 3.05) is 25.5 Å². The maximum absolute atomic E-state index is 13.5. The second-order valence-corrected chi connectivity index (χ2v) is 8.90. The number of rotatable bonds is 6. The molecular weight excluding hydrogens is 453 g/mol. The second kappa shape index (κ2) is 10.9. The van der Waals surface area contributed by atoms with E-state index >= 15 is 0 Å². The van der Waals surface area contributed by atoms with Gasteiger partial charge in [-0.3, -0.25) is 14.4 Å². The van der Waals surface area contributed by atoms with Gasteiger partial charge in [0.25, 0.3) is 11.8 Å². The first kappa shape index (κ1) is 24.7. The van der Waals surface area contributed by atoms with Crippen LogP contribution in [0.3, 0.4) is 0 Å². The molecule has 2 aromatic carbocycles. The fourth-order valence-electron chi connectivity index (χ4n) is 4.48. The van der Waals surface area contributed by atoms with Gasteiger partial charge in [-0.2, -0.15) is 0 Å². The molecule has 1 saturated heterocycles. The van der Waals surface area contributed by atoms with Crippen LogP contribution >= 0.6 is 0 Å². The average Bonchev–Trinajstić information content (AvgIpc) is 2.85. The fourth-order valence-corrected chi connectivity index (χ4v) is 4.48. The van der Waals surface area contributed by atoms with Crippen molar-refractivity contribution < 1.29 is 28.2 Å². The lowest BCUT2D eigenvalue weighted by molar-refractivity contribution is -0.134. The summed E-state index contributed by atoms with van der Waals surface area (Å²) in [4.78, 5) is 39.6. The van der Waals surface area contributed by atoms with E-state index in [2.05, 4.69) is 10.6 Å². The van der Waals surface area contributed by atoms with Crippen molar-refractivity contribution in [2.45, 2.75) is 50.9 Å². The molecule has 0 unspecified atom stereocenters. The lowest BCUT2D eigenvalue weighted by Crippen LogP contribution is -2.54. The number of likely N-dealkylation sites (N-methyl/N-ethyl adjacent to an activating group) is 1. The van der Waals surface area contributed by atoms with Crippen molar-refractivity contribution in [3.05, 3.63) is 59.4 Å². The highest BCUT2D eigenvalue weighted by atomic mass is 19.1. The van der Waals surface area contributed by atoms with Gasteiger partial charge in [0, 0.05) is 24.8 Å². The van der Waals surface area contributed by atoms with Crippen LogP contribution in [0.5, 0.6) is 5.75 Å². The number of hydrogen-bond acceptors (Lipinski definition) is 5. The number of nitrogens with zero attached hydrogens (tertiary/aromatic N) is 1. The molecule has 2 heterocycles. The average molecular weight is 484 g/mol. The number of halogens is 1. The number of ether oxygens (including phenoxy) is 2. The fraction of sp³-hybridized carbons (Fsp3) is 0.423. The lowest BCUT2D eigenvalue weighted by atomic mass is 9.94. The Labute approximate surface area is 203 Å². The highest BCUT2D eigenvalue weighted by Gasteiger charge is 2.39. The minimum absolute atomic E-state index is 0.0374. The van der Waals surface area contributed by atoms with Crippen LogP contribution in [0, 0.1) is 5.82 Å². The Balaban J connectivity index is 1.47. The Morgan fingerprint density at radius 2 is 2.00 bits per heavy atom. The van der Waals surface area contributed by atoms with Gasteiger partial charge in [-0.25, -0.2) is 4.39 Å². The summed E-state index contributed by atoms with van der Waals surface area (Å²) < 4.78 is 25.6. The molecule has 3 atom stereocenters. The molecule has 0 spiro atoms. The summed E-state index contributed by atoms with van der Waals surface area (Å²) >= 11 is 0. The largest absolute Gasteiger partial charge is 0.490 e. The van der Waals surface area contributed by atoms with Crippen LogP contribution in [0.15, 0.2) is 42.5 Å². The van der Waals surface area contributed by atoms with Crippen molar-refractivity contribution in [1.82, 2.24) is 10.2 Å². The molecule has 3 amide bonds. The Morgan fingerprint density at radius 1 is 1.17 bits per heavy atom. The molecule has 1 fully saturated rings. The molecule has 9 heteroatoms. The van der Waals surface area contributed by atoms with E-state index in [0.717, 1.165) is 12.5 Å². The molecule has 8 nitrogen and oxygen atoms in total. The van der Waals surface area contributed by atoms with Crippen molar-refractivity contribution in [3.63, 3.8) is 0 Å². The maximum atomic E-state index is 13.5. The zero-order chi connectivity index (χ0) is 24.9. The predicted octanol–water partition coefficient (Wildman–Crippen LogP) is 3.37. The maximum Gasteiger partial charge on any atom is 0.257 e. The molecule has 0 bridgehead atoms. The third-order valence-corrected chi connectivity index (χ3v) is 6.34. The zero-order valence-electron chi connectivity index (χ0n) is 19.9. The van der Waals surface area contributed by atoms with Crippen molar-refractivity contribution >= 4 is 23.4 Å². The van der Waals surface area contributed by atoms with Crippen molar-refractivity contribution in [3.8, 4) is 5.75 Å². The van der Waals surface area contributed by atoms with E-state index in [0.29, 0.717) is 36.4 Å². The summed E-state index contributed by atoms with van der Waals surface area (Å²) in [7, 11) is 1.73. The van der Waals surface area contributed by atoms with E-state index in [4.69, 9.17) is 9.47 Å². The van der Waals surface area contributed by atoms with Crippen molar-refractivity contribution in [2.24, 2.45) is 0 Å². The third-order valence-electron chi connectivity index (χ3n) is 6.34. The van der Waals surface area contributed by atoms with Crippen LogP contribution in [0.4, 0.5) is 10.1 Å². The molecule has 4 rings (SSSR count). The topological polar surface area (TPSA) is 97.0 Å². The van der Waals surface area contributed by atoms with Gasteiger partial charge in [-0.05, 0) is 55.7 Å². The second-order valence-electron chi connectivity index (χ2n) is 8.90. The Kier molecular flexibility index (Phi) is 7.65. The Bertz CT molecular complexity index is 1110. The molecular formula is C26H30FN3O5. The molecule has 0 radical (unpaired) electrons. The summed E-state index contributed by atoms with van der Waals surface area (Å²) in [6, 6.07) is 10.0. The number of carbonyl (C=O) groups excluding carboxylic acids is 3. The number of nitrogens with one attached hydrogen (secondary N) is 2. The predicted molar refractivity (Wildman–Crippen MR) is 128 cm³/mol. The summed E-state index contributed by atoms with van der Waals surface area (Å²) in [6.45, 7) is 2.87. The van der Waals surface area contributed by atoms with Gasteiger partial charge >= 0.3 is 0 Å². The van der Waals surface area contributed by atoms with E-state index < -0.39 is 11.7 Å². The number of amides is 3. The minimum Gasteiger partial charge on any atom is -0.490 e. The molecule has 2 aliphatic heterocycles. The van der Waals surface area contributed by atoms with E-state index in [1.165, 1.54) is 18.2 Å². The van der Waals surface area contributed by atoms with Gasteiger partial charge in [0.1, 0.15) is 24.3 Å². The van der Waals surface area contributed by atoms with Gasteiger partial charge in [-0.15, -0.1) is 0 Å². The standard InChI is InChI=1S/C26H30FN3O5/c1-3-11-28-24(31)14-19-8-9-21-23(35-19)15-34-22-10-7-18(13-20(22)26(33)30(21)2)29-25(32)16-5-4-6-17(27)12-16/h4-7,10,12-13,19,21,23H,3,8-9,11,14-15H2,1-2H3,(H,28,31)(H,29,32)/t19-,21-,23+/m0/s1. The van der Waals surface area contributed by atoms with Crippen LogP contribution in [-0.2, 0) is 9.53 Å². The van der Waals surface area contributed by atoms with Crippen molar-refractivity contribution in [1.29, 1.82) is 0 Å². The molecule has 35 heavy (non-hydrogen) atoms. The van der Waals surface area contributed by atoms with Gasteiger partial charge in [-0.1, -0.05) is 13.0 Å². The smallest absolute Gasteiger partial charge is 0.257 e. The van der Waals surface area contributed by atoms with Gasteiger partial charge in [0.15, 0.2) is 0 Å². The monoisotopic (exact) mass is 483 g/mol. The molecule has 186 valence electrons. The molecule has 2 N–H and O–H groups in total. The number of benzene rings is 2. The quantitative estimate of drug-likeness (QED) is 0.657. The Hall–Kier alpha value is -3.46. The Morgan fingerprint density at radius 3 is 2.77 bits per heavy atom. The van der Waals surface area contributed by atoms with E-state index in [1.807, 2.05) is 6.92 Å². The summed E-state index contributed by atoms with van der Waals surface area (Å²) in [5.41, 5.74) is 0.902. The van der Waals surface area contributed by atoms with Crippen LogP contribution in [-0.4, -0.2) is 61.1 Å². The van der Waals surface area contributed by atoms with E-state index in [-0.39, 0.29) is 48.7 Å². The number of anilines is 1. The molecule has 2 aliphatic rings.